The third-order valence-corrected chi connectivity index (χ3v) is 2.79. The average Bonchev–Trinajstić information content (AvgIpc) is 2.90. The number of aryl methyl sites for hydroxylation is 1. The van der Waals surface area contributed by atoms with Crippen molar-refractivity contribution in [2.45, 2.75) is 13.2 Å². The second-order valence-corrected chi connectivity index (χ2v) is 4.33. The van der Waals surface area contributed by atoms with E-state index in [0.717, 1.165) is 11.3 Å². The maximum atomic E-state index is 12.1. The van der Waals surface area contributed by atoms with E-state index in [1.165, 1.54) is 14.2 Å². The monoisotopic (exact) mass is 275 g/mol. The molecule has 1 amide bonds. The summed E-state index contributed by atoms with van der Waals surface area (Å²) in [5.41, 5.74) is 1.80. The first-order chi connectivity index (χ1) is 9.63. The van der Waals surface area contributed by atoms with Crippen LogP contribution in [0, 0.1) is 6.92 Å². The Labute approximate surface area is 117 Å². The summed E-state index contributed by atoms with van der Waals surface area (Å²) >= 11 is 0. The molecule has 0 atom stereocenters. The summed E-state index contributed by atoms with van der Waals surface area (Å²) in [5.74, 6) is 0.345. The summed E-state index contributed by atoms with van der Waals surface area (Å²) < 4.78 is 15.6. The van der Waals surface area contributed by atoms with Crippen LogP contribution in [0.4, 0.5) is 5.69 Å². The zero-order valence-electron chi connectivity index (χ0n) is 11.7. The van der Waals surface area contributed by atoms with E-state index in [2.05, 4.69) is 5.32 Å². The third-order valence-electron chi connectivity index (χ3n) is 2.79. The Hall–Kier alpha value is -2.11. The number of carbonyl (C=O) groups excluding carboxylic acids is 1. The molecule has 0 radical (unpaired) electrons. The van der Waals surface area contributed by atoms with Crippen LogP contribution in [0.5, 0.6) is 0 Å². The summed E-state index contributed by atoms with van der Waals surface area (Å²) in [4.78, 5) is 12.1. The van der Waals surface area contributed by atoms with Crippen LogP contribution < -0.4 is 5.32 Å². The molecule has 0 bridgehead atoms. The van der Waals surface area contributed by atoms with Gasteiger partial charge in [0.2, 0.25) is 6.29 Å². The molecular weight excluding hydrogens is 258 g/mol. The minimum atomic E-state index is -0.615. The van der Waals surface area contributed by atoms with Gasteiger partial charge < -0.3 is 19.2 Å². The Morgan fingerprint density at radius 3 is 2.60 bits per heavy atom. The topological polar surface area (TPSA) is 60.7 Å². The van der Waals surface area contributed by atoms with Gasteiger partial charge in [-0.05, 0) is 36.8 Å². The van der Waals surface area contributed by atoms with Crippen LogP contribution in [-0.2, 0) is 9.47 Å². The van der Waals surface area contributed by atoms with E-state index < -0.39 is 6.29 Å². The van der Waals surface area contributed by atoms with Gasteiger partial charge in [-0.1, -0.05) is 12.1 Å². The van der Waals surface area contributed by atoms with Gasteiger partial charge in [0.25, 0.3) is 5.91 Å². The molecule has 2 aromatic rings. The predicted molar refractivity (Wildman–Crippen MR) is 74.6 cm³/mol. The van der Waals surface area contributed by atoms with E-state index in [-0.39, 0.29) is 11.7 Å². The molecule has 1 aromatic heterocycles. The zero-order valence-corrected chi connectivity index (χ0v) is 11.7. The van der Waals surface area contributed by atoms with E-state index in [1.54, 1.807) is 12.1 Å². The fourth-order valence-corrected chi connectivity index (χ4v) is 1.85. The molecule has 1 heterocycles. The maximum Gasteiger partial charge on any atom is 0.291 e. The van der Waals surface area contributed by atoms with Gasteiger partial charge in [-0.2, -0.15) is 0 Å². The molecule has 0 aliphatic rings. The molecule has 20 heavy (non-hydrogen) atoms. The third kappa shape index (κ3) is 3.26. The number of benzene rings is 1. The van der Waals surface area contributed by atoms with Gasteiger partial charge in [-0.25, -0.2) is 0 Å². The number of hydrogen-bond acceptors (Lipinski definition) is 4. The maximum absolute atomic E-state index is 12.1. The zero-order chi connectivity index (χ0) is 14.5. The standard InChI is InChI=1S/C15H17NO4/c1-10-5-4-6-11(9-10)16-14(17)12-7-8-13(20-12)15(18-2)19-3/h4-9,15H,1-3H3,(H,16,17). The van der Waals surface area contributed by atoms with Crippen molar-refractivity contribution in [3.8, 4) is 0 Å². The van der Waals surface area contributed by atoms with E-state index in [1.807, 2.05) is 31.2 Å². The van der Waals surface area contributed by atoms with Gasteiger partial charge >= 0.3 is 0 Å². The van der Waals surface area contributed by atoms with Crippen molar-refractivity contribution < 1.29 is 18.7 Å². The van der Waals surface area contributed by atoms with Gasteiger partial charge in [-0.15, -0.1) is 0 Å². The average molecular weight is 275 g/mol. The van der Waals surface area contributed by atoms with Crippen molar-refractivity contribution in [1.29, 1.82) is 0 Å². The number of hydrogen-bond donors (Lipinski definition) is 1. The normalized spacial score (nSPS) is 10.8. The second kappa shape index (κ2) is 6.36. The van der Waals surface area contributed by atoms with E-state index in [4.69, 9.17) is 13.9 Å². The first kappa shape index (κ1) is 14.3. The van der Waals surface area contributed by atoms with Crippen LogP contribution in [0.25, 0.3) is 0 Å². The molecule has 1 N–H and O–H groups in total. The number of rotatable bonds is 5. The number of anilines is 1. The van der Waals surface area contributed by atoms with Crippen LogP contribution in [-0.4, -0.2) is 20.1 Å². The molecule has 2 rings (SSSR count). The van der Waals surface area contributed by atoms with Crippen LogP contribution in [0.1, 0.15) is 28.2 Å². The lowest BCUT2D eigenvalue weighted by atomic mass is 10.2. The molecule has 0 unspecified atom stereocenters. The fourth-order valence-electron chi connectivity index (χ4n) is 1.85. The van der Waals surface area contributed by atoms with Gasteiger partial charge in [-0.3, -0.25) is 4.79 Å². The van der Waals surface area contributed by atoms with Crippen molar-refractivity contribution in [3.63, 3.8) is 0 Å². The molecule has 1 aromatic carbocycles. The molecule has 0 aliphatic carbocycles. The largest absolute Gasteiger partial charge is 0.450 e. The molecular formula is C15H17NO4. The summed E-state index contributed by atoms with van der Waals surface area (Å²) in [6, 6.07) is 10.8. The molecule has 0 saturated heterocycles. The summed E-state index contributed by atoms with van der Waals surface area (Å²) in [6.07, 6.45) is -0.615. The van der Waals surface area contributed by atoms with Gasteiger partial charge in [0.15, 0.2) is 11.5 Å². The molecule has 106 valence electrons. The van der Waals surface area contributed by atoms with Crippen molar-refractivity contribution in [3.05, 3.63) is 53.5 Å². The summed E-state index contributed by atoms with van der Waals surface area (Å²) in [5, 5.41) is 2.77. The minimum absolute atomic E-state index is 0.209. The van der Waals surface area contributed by atoms with Crippen LogP contribution >= 0.6 is 0 Å². The van der Waals surface area contributed by atoms with Gasteiger partial charge in [0.05, 0.1) is 0 Å². The molecule has 0 spiro atoms. The lowest BCUT2D eigenvalue weighted by Crippen LogP contribution is -2.11. The first-order valence-corrected chi connectivity index (χ1v) is 6.17. The minimum Gasteiger partial charge on any atom is -0.450 e. The van der Waals surface area contributed by atoms with Crippen molar-refractivity contribution in [2.24, 2.45) is 0 Å². The summed E-state index contributed by atoms with van der Waals surface area (Å²) in [6.45, 7) is 1.96. The first-order valence-electron chi connectivity index (χ1n) is 6.17. The van der Waals surface area contributed by atoms with E-state index in [0.29, 0.717) is 5.76 Å². The van der Waals surface area contributed by atoms with E-state index in [9.17, 15) is 4.79 Å². The van der Waals surface area contributed by atoms with E-state index >= 15 is 0 Å². The second-order valence-electron chi connectivity index (χ2n) is 4.33. The highest BCUT2D eigenvalue weighted by Gasteiger charge is 2.17. The molecule has 0 fully saturated rings. The van der Waals surface area contributed by atoms with Gasteiger partial charge in [0.1, 0.15) is 0 Å². The number of methoxy groups -OCH3 is 2. The number of furan rings is 1. The smallest absolute Gasteiger partial charge is 0.291 e. The molecule has 5 heteroatoms. The Bertz CT molecular complexity index is 587. The number of nitrogens with one attached hydrogen (secondary N) is 1. The lowest BCUT2D eigenvalue weighted by Gasteiger charge is -2.09. The van der Waals surface area contributed by atoms with Gasteiger partial charge in [0, 0.05) is 19.9 Å². The quantitative estimate of drug-likeness (QED) is 0.852. The summed E-state index contributed by atoms with van der Waals surface area (Å²) in [7, 11) is 3.01. The molecule has 5 nitrogen and oxygen atoms in total. The van der Waals surface area contributed by atoms with Crippen molar-refractivity contribution in [1.82, 2.24) is 0 Å². The lowest BCUT2D eigenvalue weighted by molar-refractivity contribution is -0.117. The van der Waals surface area contributed by atoms with Crippen molar-refractivity contribution >= 4 is 11.6 Å². The Kier molecular flexibility index (Phi) is 4.55. The Morgan fingerprint density at radius 2 is 1.95 bits per heavy atom. The highest BCUT2D eigenvalue weighted by Crippen LogP contribution is 2.21. The number of amides is 1. The number of ether oxygens (including phenoxy) is 2. The predicted octanol–water partition coefficient (Wildman–Crippen LogP) is 3.13. The highest BCUT2D eigenvalue weighted by molar-refractivity contribution is 6.02. The van der Waals surface area contributed by atoms with Crippen LogP contribution in [0.2, 0.25) is 0 Å². The van der Waals surface area contributed by atoms with Crippen LogP contribution in [0.15, 0.2) is 40.8 Å². The Morgan fingerprint density at radius 1 is 1.20 bits per heavy atom. The van der Waals surface area contributed by atoms with Crippen LogP contribution in [0.3, 0.4) is 0 Å². The number of carbonyl (C=O) groups is 1. The fraction of sp³-hybridized carbons (Fsp3) is 0.267. The molecule has 0 aliphatic heterocycles. The Balaban J connectivity index is 2.10. The SMILES string of the molecule is COC(OC)c1ccc(C(=O)Nc2cccc(C)c2)o1. The molecule has 0 saturated carbocycles. The highest BCUT2D eigenvalue weighted by atomic mass is 16.7. The van der Waals surface area contributed by atoms with Crippen molar-refractivity contribution in [2.75, 3.05) is 19.5 Å².